The Morgan fingerprint density at radius 2 is 1.97 bits per heavy atom. The maximum Gasteiger partial charge on any atom is 0.195 e. The molecular weight excluding hydrogens is 490 g/mol. The third kappa shape index (κ3) is 5.19. The highest BCUT2D eigenvalue weighted by Crippen LogP contribution is 2.33. The predicted molar refractivity (Wildman–Crippen MR) is 145 cm³/mol. The Bertz CT molecular complexity index is 1420. The number of carbonyl (C=O) groups is 1. The molecule has 0 aliphatic carbocycles. The fourth-order valence-electron chi connectivity index (χ4n) is 5.62. The lowest BCUT2D eigenvalue weighted by Crippen LogP contribution is -2.35. The zero-order valence-corrected chi connectivity index (χ0v) is 21.7. The number of rotatable bonds is 8. The van der Waals surface area contributed by atoms with Crippen molar-refractivity contribution in [1.29, 1.82) is 0 Å². The van der Waals surface area contributed by atoms with Crippen molar-refractivity contribution in [2.24, 2.45) is 0 Å². The van der Waals surface area contributed by atoms with Gasteiger partial charge < -0.3 is 10.2 Å². The van der Waals surface area contributed by atoms with E-state index in [2.05, 4.69) is 10.2 Å². The first-order chi connectivity index (χ1) is 18.0. The lowest BCUT2D eigenvalue weighted by atomic mass is 10.0. The molecule has 0 spiro atoms. The monoisotopic (exact) mass is 522 g/mol. The Morgan fingerprint density at radius 1 is 1.11 bits per heavy atom. The van der Waals surface area contributed by atoms with Gasteiger partial charge in [-0.25, -0.2) is 13.8 Å². The van der Waals surface area contributed by atoms with Gasteiger partial charge in [0.25, 0.3) is 0 Å². The van der Waals surface area contributed by atoms with Gasteiger partial charge in [0.1, 0.15) is 12.0 Å². The number of carbonyl (C=O) groups excluding carboxylic acids is 1. The molecule has 2 saturated heterocycles. The number of thiazole rings is 1. The minimum Gasteiger partial charge on any atom is -0.310 e. The summed E-state index contributed by atoms with van der Waals surface area (Å²) in [4.78, 5) is 20.7. The Labute approximate surface area is 219 Å². The number of likely N-dealkylation sites (tertiary alicyclic amines) is 1. The summed E-state index contributed by atoms with van der Waals surface area (Å²) >= 11 is 1.52. The summed E-state index contributed by atoms with van der Waals surface area (Å²) in [5.74, 6) is -0.118. The number of piperidine rings is 1. The van der Waals surface area contributed by atoms with Crippen LogP contribution in [0.25, 0.3) is 26.4 Å². The molecule has 0 unspecified atom stereocenters. The molecule has 0 saturated carbocycles. The van der Waals surface area contributed by atoms with E-state index < -0.39 is 6.17 Å². The number of halogens is 2. The maximum absolute atomic E-state index is 14.8. The molecular formula is C29H32F2N4OS. The molecule has 0 radical (unpaired) electrons. The van der Waals surface area contributed by atoms with Crippen molar-refractivity contribution in [2.45, 2.75) is 57.2 Å². The van der Waals surface area contributed by atoms with Crippen molar-refractivity contribution in [3.8, 4) is 11.3 Å². The molecule has 8 heteroatoms. The number of fused-ring (bicyclic) bond motifs is 3. The number of Topliss-reactive ketones (excluding diaryl/α,β-unsaturated/α-hetero) is 1. The number of hydrogen-bond acceptors (Lipinski definition) is 5. The first kappa shape index (κ1) is 24.6. The van der Waals surface area contributed by atoms with Crippen LogP contribution in [0.2, 0.25) is 0 Å². The molecule has 5 nitrogen and oxygen atoms in total. The number of unbranched alkanes of at least 4 members (excludes halogenated alkanes) is 1. The van der Waals surface area contributed by atoms with Crippen LogP contribution >= 0.6 is 11.3 Å². The highest BCUT2D eigenvalue weighted by Gasteiger charge is 2.20. The van der Waals surface area contributed by atoms with E-state index in [0.29, 0.717) is 30.5 Å². The topological polar surface area (TPSA) is 49.6 Å². The minimum atomic E-state index is -0.647. The van der Waals surface area contributed by atoms with Crippen molar-refractivity contribution >= 4 is 32.3 Å². The molecule has 0 amide bonds. The second kappa shape index (κ2) is 10.6. The summed E-state index contributed by atoms with van der Waals surface area (Å²) in [6.45, 7) is 3.58. The van der Waals surface area contributed by atoms with Crippen LogP contribution in [0.15, 0.2) is 42.6 Å². The average molecular weight is 523 g/mol. The molecule has 1 atom stereocenters. The van der Waals surface area contributed by atoms with Gasteiger partial charge in [0.05, 0.1) is 15.9 Å². The maximum atomic E-state index is 14.8. The van der Waals surface area contributed by atoms with Crippen LogP contribution < -0.4 is 5.32 Å². The van der Waals surface area contributed by atoms with Crippen molar-refractivity contribution in [1.82, 2.24) is 19.6 Å². The second-order valence-corrected chi connectivity index (χ2v) is 11.4. The minimum absolute atomic E-state index is 0.149. The lowest BCUT2D eigenvalue weighted by molar-refractivity contribution is 0.0976. The number of aromatic nitrogens is 2. The Balaban J connectivity index is 1.14. The highest BCUT2D eigenvalue weighted by molar-refractivity contribution is 7.23. The van der Waals surface area contributed by atoms with E-state index in [9.17, 15) is 13.6 Å². The first-order valence-corrected chi connectivity index (χ1v) is 14.2. The summed E-state index contributed by atoms with van der Waals surface area (Å²) in [5.41, 5.74) is 3.94. The van der Waals surface area contributed by atoms with Crippen molar-refractivity contribution in [3.05, 3.63) is 59.5 Å². The molecule has 0 bridgehead atoms. The van der Waals surface area contributed by atoms with Crippen LogP contribution in [-0.2, 0) is 0 Å². The number of nitrogens with one attached hydrogen (secondary N) is 1. The molecule has 37 heavy (non-hydrogen) atoms. The van der Waals surface area contributed by atoms with Gasteiger partial charge in [-0.1, -0.05) is 17.4 Å². The van der Waals surface area contributed by atoms with E-state index in [1.165, 1.54) is 11.3 Å². The third-order valence-electron chi connectivity index (χ3n) is 7.79. The highest BCUT2D eigenvalue weighted by atomic mass is 32.1. The summed E-state index contributed by atoms with van der Waals surface area (Å²) in [5, 5.41) is 3.48. The molecule has 2 aliphatic rings. The molecule has 194 valence electrons. The smallest absolute Gasteiger partial charge is 0.195 e. The molecule has 2 aromatic carbocycles. The molecule has 4 heterocycles. The van der Waals surface area contributed by atoms with Gasteiger partial charge in [-0.15, -0.1) is 0 Å². The van der Waals surface area contributed by atoms with Crippen molar-refractivity contribution < 1.29 is 13.6 Å². The number of alkyl halides is 1. The van der Waals surface area contributed by atoms with Crippen LogP contribution in [0, 0.1) is 5.82 Å². The van der Waals surface area contributed by atoms with Gasteiger partial charge in [0, 0.05) is 42.9 Å². The third-order valence-corrected chi connectivity index (χ3v) is 8.81. The van der Waals surface area contributed by atoms with E-state index in [1.54, 1.807) is 6.07 Å². The van der Waals surface area contributed by atoms with E-state index in [1.807, 2.05) is 40.9 Å². The number of ketones is 1. The van der Waals surface area contributed by atoms with Crippen molar-refractivity contribution in [2.75, 3.05) is 26.2 Å². The molecule has 2 aromatic heterocycles. The van der Waals surface area contributed by atoms with Gasteiger partial charge in [0.2, 0.25) is 0 Å². The summed E-state index contributed by atoms with van der Waals surface area (Å²) < 4.78 is 31.0. The van der Waals surface area contributed by atoms with Crippen LogP contribution in [0.3, 0.4) is 0 Å². The lowest BCUT2D eigenvalue weighted by Gasteiger charge is -2.28. The second-order valence-electron chi connectivity index (χ2n) is 10.3. The zero-order valence-electron chi connectivity index (χ0n) is 20.9. The van der Waals surface area contributed by atoms with Gasteiger partial charge in [-0.05, 0) is 87.5 Å². The fourth-order valence-corrected chi connectivity index (χ4v) is 6.67. The Hall–Kier alpha value is -2.68. The quantitative estimate of drug-likeness (QED) is 0.210. The van der Waals surface area contributed by atoms with E-state index in [0.717, 1.165) is 78.2 Å². The molecule has 1 N–H and O–H groups in total. The number of hydrogen-bond donors (Lipinski definition) is 1. The van der Waals surface area contributed by atoms with E-state index in [-0.39, 0.29) is 17.6 Å². The molecule has 4 aromatic rings. The molecule has 6 rings (SSSR count). The largest absolute Gasteiger partial charge is 0.310 e. The number of nitrogens with zero attached hydrogens (tertiary/aromatic N) is 3. The summed E-state index contributed by atoms with van der Waals surface area (Å²) in [6, 6.07) is 11.4. The van der Waals surface area contributed by atoms with Crippen LogP contribution in [0.1, 0.15) is 66.9 Å². The van der Waals surface area contributed by atoms with Crippen LogP contribution in [0.5, 0.6) is 0 Å². The Morgan fingerprint density at radius 3 is 2.78 bits per heavy atom. The normalized spacial score (nSPS) is 19.4. The Kier molecular flexibility index (Phi) is 7.06. The molecule has 2 aliphatic heterocycles. The predicted octanol–water partition coefficient (Wildman–Crippen LogP) is 6.57. The van der Waals surface area contributed by atoms with Crippen LogP contribution in [-0.4, -0.2) is 52.4 Å². The van der Waals surface area contributed by atoms with E-state index in [4.69, 9.17) is 4.98 Å². The van der Waals surface area contributed by atoms with Gasteiger partial charge in [-0.2, -0.15) is 0 Å². The van der Waals surface area contributed by atoms with Gasteiger partial charge in [0.15, 0.2) is 10.7 Å². The van der Waals surface area contributed by atoms with Gasteiger partial charge in [-0.3, -0.25) is 9.20 Å². The number of benzene rings is 2. The van der Waals surface area contributed by atoms with Gasteiger partial charge >= 0.3 is 0 Å². The average Bonchev–Trinajstić information content (AvgIpc) is 3.64. The number of imidazole rings is 1. The summed E-state index contributed by atoms with van der Waals surface area (Å²) in [6.07, 6.45) is 7.01. The zero-order chi connectivity index (χ0) is 25.4. The fraction of sp³-hybridized carbons (Fsp3) is 0.448. The first-order valence-electron chi connectivity index (χ1n) is 13.4. The SMILES string of the molecule is O=C(CCCCN1CCC(F)CC1)c1ccc2c(c1)sc1nc(-c3cc([C@@H]4CCCN4)ccc3F)cn12. The van der Waals surface area contributed by atoms with Crippen molar-refractivity contribution in [3.63, 3.8) is 0 Å². The standard InChI is InChI=1S/C29H32F2N4OS/c30-21-10-14-34(15-11-21)13-2-1-5-27(36)20-7-9-26-28(17-20)37-29-33-25(18-35(26)29)22-16-19(6-8-23(22)31)24-4-3-12-32-24/h6-9,16-18,21,24,32H,1-5,10-15H2/t24-/m0/s1. The summed E-state index contributed by atoms with van der Waals surface area (Å²) in [7, 11) is 0. The molecule has 2 fully saturated rings. The van der Waals surface area contributed by atoms with E-state index >= 15 is 0 Å². The van der Waals surface area contributed by atoms with Crippen LogP contribution in [0.4, 0.5) is 8.78 Å².